The molecule has 0 unspecified atom stereocenters. The smallest absolute Gasteiger partial charge is 0.0991 e. The van der Waals surface area contributed by atoms with E-state index in [1.54, 1.807) is 0 Å². The van der Waals surface area contributed by atoms with Gasteiger partial charge in [-0.2, -0.15) is 17.0 Å². The third kappa shape index (κ3) is 3.76. The van der Waals surface area contributed by atoms with Gasteiger partial charge in [-0.05, 0) is 30.7 Å². The summed E-state index contributed by atoms with van der Waals surface area (Å²) in [5.41, 5.74) is 2.05. The standard InChI is InChI=1S/C15H20N2S/c1-15(2)7-8-17(9-10-18-15)12-14-5-3-13(11-16)4-6-14/h3-6H,7-10,12H2,1-2H3. The van der Waals surface area contributed by atoms with E-state index in [2.05, 4.69) is 48.7 Å². The van der Waals surface area contributed by atoms with Crippen molar-refractivity contribution in [1.82, 2.24) is 4.90 Å². The summed E-state index contributed by atoms with van der Waals surface area (Å²) in [4.78, 5) is 2.52. The van der Waals surface area contributed by atoms with Crippen molar-refractivity contribution in [3.05, 3.63) is 35.4 Å². The number of rotatable bonds is 2. The van der Waals surface area contributed by atoms with Gasteiger partial charge in [0.15, 0.2) is 0 Å². The van der Waals surface area contributed by atoms with Gasteiger partial charge < -0.3 is 0 Å². The molecule has 1 aromatic rings. The van der Waals surface area contributed by atoms with E-state index < -0.39 is 0 Å². The summed E-state index contributed by atoms with van der Waals surface area (Å²) in [5, 5.41) is 8.78. The highest BCUT2D eigenvalue weighted by Gasteiger charge is 2.23. The lowest BCUT2D eigenvalue weighted by Gasteiger charge is -2.22. The van der Waals surface area contributed by atoms with E-state index in [4.69, 9.17) is 5.26 Å². The van der Waals surface area contributed by atoms with Gasteiger partial charge in [-0.1, -0.05) is 26.0 Å². The molecule has 96 valence electrons. The Bertz CT molecular complexity index is 431. The van der Waals surface area contributed by atoms with Gasteiger partial charge in [0, 0.05) is 23.6 Å². The molecule has 1 aliphatic rings. The van der Waals surface area contributed by atoms with Crippen molar-refractivity contribution in [2.24, 2.45) is 0 Å². The van der Waals surface area contributed by atoms with Crippen LogP contribution >= 0.6 is 11.8 Å². The highest BCUT2D eigenvalue weighted by Crippen LogP contribution is 2.30. The molecular weight excluding hydrogens is 240 g/mol. The van der Waals surface area contributed by atoms with Gasteiger partial charge in [-0.15, -0.1) is 0 Å². The van der Waals surface area contributed by atoms with E-state index in [1.807, 2.05) is 12.1 Å². The number of hydrogen-bond donors (Lipinski definition) is 0. The van der Waals surface area contributed by atoms with E-state index >= 15 is 0 Å². The maximum atomic E-state index is 8.78. The first-order valence-electron chi connectivity index (χ1n) is 6.44. The first-order valence-corrected chi connectivity index (χ1v) is 7.43. The molecule has 1 aromatic carbocycles. The molecule has 0 radical (unpaired) electrons. The van der Waals surface area contributed by atoms with Crippen LogP contribution in [0, 0.1) is 11.3 Å². The van der Waals surface area contributed by atoms with Gasteiger partial charge in [0.25, 0.3) is 0 Å². The predicted octanol–water partition coefficient (Wildman–Crippen LogP) is 3.28. The second-order valence-corrected chi connectivity index (χ2v) is 7.25. The van der Waals surface area contributed by atoms with E-state index in [0.717, 1.165) is 18.7 Å². The third-order valence-electron chi connectivity index (χ3n) is 3.42. The lowest BCUT2D eigenvalue weighted by Crippen LogP contribution is -2.26. The molecule has 0 bridgehead atoms. The first-order chi connectivity index (χ1) is 8.59. The van der Waals surface area contributed by atoms with Crippen molar-refractivity contribution >= 4 is 11.8 Å². The highest BCUT2D eigenvalue weighted by molar-refractivity contribution is 8.00. The quantitative estimate of drug-likeness (QED) is 0.816. The molecule has 0 aliphatic carbocycles. The Hall–Kier alpha value is -0.980. The number of thioether (sulfide) groups is 1. The topological polar surface area (TPSA) is 27.0 Å². The maximum Gasteiger partial charge on any atom is 0.0991 e. The van der Waals surface area contributed by atoms with E-state index in [0.29, 0.717) is 4.75 Å². The van der Waals surface area contributed by atoms with Crippen LogP contribution in [-0.4, -0.2) is 28.5 Å². The Labute approximate surface area is 114 Å². The minimum atomic E-state index is 0.416. The fourth-order valence-corrected chi connectivity index (χ4v) is 3.30. The van der Waals surface area contributed by atoms with Crippen LogP contribution in [0.15, 0.2) is 24.3 Å². The second kappa shape index (κ2) is 5.77. The van der Waals surface area contributed by atoms with Crippen LogP contribution in [0.3, 0.4) is 0 Å². The number of nitrogens with zero attached hydrogens (tertiary/aromatic N) is 2. The lowest BCUT2D eigenvalue weighted by atomic mass is 10.1. The molecule has 0 atom stereocenters. The molecule has 2 rings (SSSR count). The lowest BCUT2D eigenvalue weighted by molar-refractivity contribution is 0.276. The summed E-state index contributed by atoms with van der Waals surface area (Å²) in [7, 11) is 0. The predicted molar refractivity (Wildman–Crippen MR) is 77.6 cm³/mol. The Kier molecular flexibility index (Phi) is 4.31. The Morgan fingerprint density at radius 2 is 2.00 bits per heavy atom. The van der Waals surface area contributed by atoms with Crippen molar-refractivity contribution < 1.29 is 0 Å². The SMILES string of the molecule is CC1(C)CCN(Cc2ccc(C#N)cc2)CCS1. The molecule has 1 heterocycles. The molecule has 0 spiro atoms. The Morgan fingerprint density at radius 1 is 1.28 bits per heavy atom. The first kappa shape index (κ1) is 13.5. The largest absolute Gasteiger partial charge is 0.298 e. The molecule has 1 saturated heterocycles. The Morgan fingerprint density at radius 3 is 2.67 bits per heavy atom. The Balaban J connectivity index is 1.95. The van der Waals surface area contributed by atoms with Crippen LogP contribution < -0.4 is 0 Å². The van der Waals surface area contributed by atoms with Gasteiger partial charge in [-0.25, -0.2) is 0 Å². The second-order valence-electron chi connectivity index (χ2n) is 5.44. The van der Waals surface area contributed by atoms with Crippen molar-refractivity contribution in [2.45, 2.75) is 31.6 Å². The number of benzene rings is 1. The van der Waals surface area contributed by atoms with E-state index in [9.17, 15) is 0 Å². The summed E-state index contributed by atoms with van der Waals surface area (Å²) in [6, 6.07) is 10.1. The highest BCUT2D eigenvalue weighted by atomic mass is 32.2. The van der Waals surface area contributed by atoms with Crippen LogP contribution in [-0.2, 0) is 6.54 Å². The van der Waals surface area contributed by atoms with Crippen LogP contribution in [0.5, 0.6) is 0 Å². The maximum absolute atomic E-state index is 8.78. The molecular formula is C15H20N2S. The number of hydrogen-bond acceptors (Lipinski definition) is 3. The summed E-state index contributed by atoms with van der Waals surface area (Å²) in [6.45, 7) is 8.00. The van der Waals surface area contributed by atoms with Gasteiger partial charge in [0.05, 0.1) is 11.6 Å². The normalized spacial score (nSPS) is 20.1. The molecule has 1 aliphatic heterocycles. The summed E-state index contributed by atoms with van der Waals surface area (Å²) in [5.74, 6) is 1.21. The van der Waals surface area contributed by atoms with Gasteiger partial charge in [0.2, 0.25) is 0 Å². The van der Waals surface area contributed by atoms with Crippen molar-refractivity contribution in [3.8, 4) is 6.07 Å². The molecule has 1 fully saturated rings. The third-order valence-corrected chi connectivity index (χ3v) is 4.79. The summed E-state index contributed by atoms with van der Waals surface area (Å²) < 4.78 is 0.416. The molecule has 0 amide bonds. The molecule has 0 N–H and O–H groups in total. The minimum absolute atomic E-state index is 0.416. The van der Waals surface area contributed by atoms with Gasteiger partial charge >= 0.3 is 0 Å². The average molecular weight is 260 g/mol. The number of nitriles is 1. The van der Waals surface area contributed by atoms with E-state index in [-0.39, 0.29) is 0 Å². The minimum Gasteiger partial charge on any atom is -0.298 e. The molecule has 3 heteroatoms. The fraction of sp³-hybridized carbons (Fsp3) is 0.533. The zero-order valence-corrected chi connectivity index (χ0v) is 12.0. The summed E-state index contributed by atoms with van der Waals surface area (Å²) in [6.07, 6.45) is 1.24. The van der Waals surface area contributed by atoms with Crippen LogP contribution in [0.2, 0.25) is 0 Å². The van der Waals surface area contributed by atoms with Crippen molar-refractivity contribution in [3.63, 3.8) is 0 Å². The van der Waals surface area contributed by atoms with Crippen LogP contribution in [0.4, 0.5) is 0 Å². The zero-order chi connectivity index (χ0) is 13.0. The average Bonchev–Trinajstić information content (AvgIpc) is 2.52. The van der Waals surface area contributed by atoms with E-state index in [1.165, 1.54) is 24.3 Å². The summed E-state index contributed by atoms with van der Waals surface area (Å²) >= 11 is 2.08. The fourth-order valence-electron chi connectivity index (χ4n) is 2.16. The molecule has 18 heavy (non-hydrogen) atoms. The van der Waals surface area contributed by atoms with Crippen molar-refractivity contribution in [2.75, 3.05) is 18.8 Å². The van der Waals surface area contributed by atoms with Crippen molar-refractivity contribution in [1.29, 1.82) is 5.26 Å². The van der Waals surface area contributed by atoms with Crippen LogP contribution in [0.25, 0.3) is 0 Å². The van der Waals surface area contributed by atoms with Crippen LogP contribution in [0.1, 0.15) is 31.4 Å². The zero-order valence-electron chi connectivity index (χ0n) is 11.1. The molecule has 0 saturated carbocycles. The van der Waals surface area contributed by atoms with Gasteiger partial charge in [0.1, 0.15) is 0 Å². The monoisotopic (exact) mass is 260 g/mol. The van der Waals surface area contributed by atoms with Gasteiger partial charge in [-0.3, -0.25) is 4.90 Å². The molecule has 2 nitrogen and oxygen atoms in total. The molecule has 0 aromatic heterocycles.